The van der Waals surface area contributed by atoms with Crippen molar-refractivity contribution in [1.29, 1.82) is 0 Å². The van der Waals surface area contributed by atoms with Crippen LogP contribution in [0, 0.1) is 0 Å². The number of alkyl halides is 1. The van der Waals surface area contributed by atoms with Gasteiger partial charge in [-0.1, -0.05) is 42.1 Å². The highest BCUT2D eigenvalue weighted by Gasteiger charge is 2.52. The van der Waals surface area contributed by atoms with E-state index in [4.69, 9.17) is 9.47 Å². The van der Waals surface area contributed by atoms with E-state index in [1.807, 2.05) is 49.3 Å². The Hall–Kier alpha value is -1.15. The molecule has 1 saturated heterocycles. The first-order chi connectivity index (χ1) is 11.5. The Balaban J connectivity index is 1.75. The smallest absolute Gasteiger partial charge is 0.161 e. The first-order valence-electron chi connectivity index (χ1n) is 8.02. The lowest BCUT2D eigenvalue weighted by Gasteiger charge is -2.40. The van der Waals surface area contributed by atoms with Gasteiger partial charge in [0.25, 0.3) is 0 Å². The fourth-order valence-electron chi connectivity index (χ4n) is 2.89. The largest absolute Gasteiger partial charge is 0.391 e. The Kier molecular flexibility index (Phi) is 5.44. The van der Waals surface area contributed by atoms with Crippen LogP contribution in [0.5, 0.6) is 0 Å². The van der Waals surface area contributed by atoms with Crippen LogP contribution in [-0.4, -0.2) is 65.2 Å². The quantitative estimate of drug-likeness (QED) is 0.897. The Morgan fingerprint density at radius 2 is 2.08 bits per heavy atom. The Morgan fingerprint density at radius 3 is 2.71 bits per heavy atom. The van der Waals surface area contributed by atoms with E-state index in [9.17, 15) is 5.11 Å². The van der Waals surface area contributed by atoms with Crippen LogP contribution in [0.4, 0.5) is 4.39 Å². The maximum atomic E-state index is 15.1. The van der Waals surface area contributed by atoms with Crippen molar-refractivity contribution < 1.29 is 19.0 Å². The fourth-order valence-corrected chi connectivity index (χ4v) is 4.03. The van der Waals surface area contributed by atoms with E-state index in [0.717, 1.165) is 10.7 Å². The lowest BCUT2D eigenvalue weighted by Crippen LogP contribution is -2.57. The molecule has 0 saturated carbocycles. The third kappa shape index (κ3) is 3.59. The number of hydrogen-bond acceptors (Lipinski definition) is 6. The number of hydrogen-bond donors (Lipinski definition) is 1. The molecule has 3 rings (SSSR count). The molecule has 1 fully saturated rings. The van der Waals surface area contributed by atoms with E-state index in [0.29, 0.717) is 0 Å². The monoisotopic (exact) mass is 354 g/mol. The summed E-state index contributed by atoms with van der Waals surface area (Å²) in [4.78, 5) is 6.28. The minimum absolute atomic E-state index is 0.271. The van der Waals surface area contributed by atoms with Gasteiger partial charge in [-0.25, -0.2) is 4.39 Å². The number of nitrogens with zero attached hydrogens (tertiary/aromatic N) is 2. The van der Waals surface area contributed by atoms with E-state index >= 15 is 4.39 Å². The van der Waals surface area contributed by atoms with Gasteiger partial charge in [-0.2, -0.15) is 0 Å². The molecule has 0 amide bonds. The van der Waals surface area contributed by atoms with E-state index in [1.165, 1.54) is 11.8 Å². The van der Waals surface area contributed by atoms with E-state index in [1.54, 1.807) is 6.92 Å². The first-order valence-corrected chi connectivity index (χ1v) is 8.90. The molecule has 24 heavy (non-hydrogen) atoms. The fraction of sp³-hybridized carbons (Fsp3) is 0.588. The number of ether oxygens (including phenoxy) is 2. The molecule has 132 valence electrons. The van der Waals surface area contributed by atoms with Crippen LogP contribution in [0.15, 0.2) is 35.3 Å². The second-order valence-electron chi connectivity index (χ2n) is 6.33. The molecular weight excluding hydrogens is 331 g/mol. The van der Waals surface area contributed by atoms with Crippen LogP contribution < -0.4 is 0 Å². The number of fused-ring (bicyclic) bond motifs is 1. The predicted molar refractivity (Wildman–Crippen MR) is 92.8 cm³/mol. The van der Waals surface area contributed by atoms with Gasteiger partial charge in [-0.05, 0) is 12.5 Å². The zero-order valence-electron chi connectivity index (χ0n) is 14.0. The summed E-state index contributed by atoms with van der Waals surface area (Å²) in [5.41, 5.74) is 0.531. The number of benzene rings is 1. The van der Waals surface area contributed by atoms with Crippen molar-refractivity contribution in [2.24, 2.45) is 4.99 Å². The van der Waals surface area contributed by atoms with Crippen LogP contribution in [0.1, 0.15) is 12.5 Å². The third-order valence-corrected chi connectivity index (χ3v) is 5.46. The lowest BCUT2D eigenvalue weighted by molar-refractivity contribution is -0.188. The van der Waals surface area contributed by atoms with Gasteiger partial charge in [0, 0.05) is 14.1 Å². The minimum atomic E-state index is -1.32. The van der Waals surface area contributed by atoms with E-state index < -0.39 is 36.0 Å². The topological polar surface area (TPSA) is 54.3 Å². The lowest BCUT2D eigenvalue weighted by atomic mass is 9.96. The number of aliphatic imine (C=N–C) groups is 1. The molecule has 0 aliphatic carbocycles. The van der Waals surface area contributed by atoms with E-state index in [2.05, 4.69) is 4.99 Å². The molecule has 0 aromatic heterocycles. The third-order valence-electron chi connectivity index (χ3n) is 4.16. The summed E-state index contributed by atoms with van der Waals surface area (Å²) in [5, 5.41) is 10.8. The SMILES string of the molecule is C[C@H](O)[C@H]1O[C@@H]2SC(N(C)C)=N[C@@H]2[C@@H](F)[C@@H]1OCc1ccccc1. The molecule has 2 heterocycles. The molecule has 0 radical (unpaired) electrons. The van der Waals surface area contributed by atoms with Crippen LogP contribution in [-0.2, 0) is 16.1 Å². The van der Waals surface area contributed by atoms with Crippen molar-refractivity contribution in [3.05, 3.63) is 35.9 Å². The second-order valence-corrected chi connectivity index (χ2v) is 7.40. The normalized spacial score (nSPS) is 33.7. The average molecular weight is 354 g/mol. The molecule has 2 aliphatic rings. The standard InChI is InChI=1S/C17H23FN2O3S/c1-10(21)14-15(22-9-11-7-5-4-6-8-11)12(18)13-16(23-14)24-17(19-13)20(2)3/h4-8,10,12-16,21H,9H2,1-3H3/t10-,12+,13+,14+,15-,16+/m0/s1. The van der Waals surface area contributed by atoms with Crippen molar-refractivity contribution in [3.8, 4) is 0 Å². The van der Waals surface area contributed by atoms with Gasteiger partial charge in [-0.3, -0.25) is 4.99 Å². The minimum Gasteiger partial charge on any atom is -0.391 e. The van der Waals surface area contributed by atoms with Gasteiger partial charge in [0.2, 0.25) is 0 Å². The molecule has 1 N–H and O–H groups in total. The van der Waals surface area contributed by atoms with Crippen molar-refractivity contribution in [3.63, 3.8) is 0 Å². The molecule has 7 heteroatoms. The van der Waals surface area contributed by atoms with Gasteiger partial charge in [-0.15, -0.1) is 0 Å². The molecule has 0 bridgehead atoms. The highest BCUT2D eigenvalue weighted by Crippen LogP contribution is 2.40. The van der Waals surface area contributed by atoms with Gasteiger partial charge in [0.15, 0.2) is 11.3 Å². The number of rotatable bonds is 4. The Bertz CT molecular complexity index is 584. The second kappa shape index (κ2) is 7.39. The van der Waals surface area contributed by atoms with Crippen LogP contribution in [0.2, 0.25) is 0 Å². The number of halogens is 1. The zero-order valence-corrected chi connectivity index (χ0v) is 14.8. The summed E-state index contributed by atoms with van der Waals surface area (Å²) in [5.74, 6) is 0. The van der Waals surface area contributed by atoms with Crippen molar-refractivity contribution in [2.45, 2.75) is 49.5 Å². The highest BCUT2D eigenvalue weighted by atomic mass is 32.2. The van der Waals surface area contributed by atoms with Crippen LogP contribution in [0.3, 0.4) is 0 Å². The molecule has 1 aromatic rings. The summed E-state index contributed by atoms with van der Waals surface area (Å²) >= 11 is 1.39. The summed E-state index contributed by atoms with van der Waals surface area (Å²) in [6.07, 6.45) is -3.71. The Labute approximate surface area is 145 Å². The van der Waals surface area contributed by atoms with Gasteiger partial charge in [0.1, 0.15) is 23.7 Å². The molecule has 0 spiro atoms. The summed E-state index contributed by atoms with van der Waals surface area (Å²) in [6, 6.07) is 8.97. The van der Waals surface area contributed by atoms with Gasteiger partial charge >= 0.3 is 0 Å². The molecule has 6 atom stereocenters. The van der Waals surface area contributed by atoms with Crippen LogP contribution in [0.25, 0.3) is 0 Å². The molecule has 5 nitrogen and oxygen atoms in total. The number of thioether (sulfide) groups is 1. The van der Waals surface area contributed by atoms with Gasteiger partial charge < -0.3 is 19.5 Å². The Morgan fingerprint density at radius 1 is 1.38 bits per heavy atom. The number of aliphatic hydroxyl groups excluding tert-OH is 1. The summed E-state index contributed by atoms with van der Waals surface area (Å²) in [6.45, 7) is 1.87. The first kappa shape index (κ1) is 17.7. The number of amidine groups is 1. The van der Waals surface area contributed by atoms with Crippen molar-refractivity contribution in [1.82, 2.24) is 4.90 Å². The maximum Gasteiger partial charge on any atom is 0.161 e. The highest BCUT2D eigenvalue weighted by molar-refractivity contribution is 8.14. The number of aliphatic hydroxyl groups is 1. The maximum absolute atomic E-state index is 15.1. The van der Waals surface area contributed by atoms with Crippen LogP contribution >= 0.6 is 11.8 Å². The molecular formula is C17H23FN2O3S. The predicted octanol–water partition coefficient (Wildman–Crippen LogP) is 2.05. The zero-order chi connectivity index (χ0) is 17.3. The summed E-state index contributed by atoms with van der Waals surface area (Å²) < 4.78 is 26.8. The van der Waals surface area contributed by atoms with E-state index in [-0.39, 0.29) is 6.61 Å². The van der Waals surface area contributed by atoms with Crippen molar-refractivity contribution in [2.75, 3.05) is 14.1 Å². The molecule has 2 aliphatic heterocycles. The molecule has 1 aromatic carbocycles. The average Bonchev–Trinajstić information content (AvgIpc) is 2.99. The van der Waals surface area contributed by atoms with Gasteiger partial charge in [0.05, 0.1) is 12.7 Å². The summed E-state index contributed by atoms with van der Waals surface area (Å²) in [7, 11) is 3.73. The van der Waals surface area contributed by atoms with Crippen molar-refractivity contribution >= 4 is 16.9 Å². The molecule has 0 unspecified atom stereocenters.